The number of nitrogens with zero attached hydrogens (tertiary/aromatic N) is 2. The van der Waals surface area contributed by atoms with Crippen molar-refractivity contribution in [3.05, 3.63) is 47.6 Å². The topological polar surface area (TPSA) is 51.0 Å². The number of nitrogens with one attached hydrogen (secondary N) is 1. The van der Waals surface area contributed by atoms with Gasteiger partial charge in [-0.1, -0.05) is 49.3 Å². The molecule has 0 radical (unpaired) electrons. The summed E-state index contributed by atoms with van der Waals surface area (Å²) in [6, 6.07) is 10.6. The third-order valence-electron chi connectivity index (χ3n) is 3.18. The molecule has 0 saturated heterocycles. The second-order valence-corrected chi connectivity index (χ2v) is 5.54. The van der Waals surface area contributed by atoms with Gasteiger partial charge in [0.05, 0.1) is 12.0 Å². The number of hydrogen-bond acceptors (Lipinski definition) is 4. The van der Waals surface area contributed by atoms with Crippen LogP contribution >= 0.6 is 0 Å². The average Bonchev–Trinajstić information content (AvgIpc) is 2.87. The van der Waals surface area contributed by atoms with E-state index >= 15 is 0 Å². The molecule has 0 aliphatic rings. The van der Waals surface area contributed by atoms with Crippen LogP contribution in [0.2, 0.25) is 0 Å². The maximum absolute atomic E-state index is 5.30. The Morgan fingerprint density at radius 1 is 1.21 bits per heavy atom. The highest BCUT2D eigenvalue weighted by Crippen LogP contribution is 2.28. The molecule has 4 heteroatoms. The Hall–Kier alpha value is -1.68. The Labute approximate surface area is 114 Å². The van der Waals surface area contributed by atoms with Gasteiger partial charge in [0.2, 0.25) is 5.89 Å². The zero-order chi connectivity index (χ0) is 13.9. The van der Waals surface area contributed by atoms with Crippen molar-refractivity contribution in [3.8, 4) is 0 Å². The summed E-state index contributed by atoms with van der Waals surface area (Å²) < 4.78 is 5.30. The number of rotatable bonds is 5. The van der Waals surface area contributed by atoms with Crippen LogP contribution in [0.1, 0.15) is 45.0 Å². The molecule has 19 heavy (non-hydrogen) atoms. The summed E-state index contributed by atoms with van der Waals surface area (Å²) in [7, 11) is 0. The lowest BCUT2D eigenvalue weighted by Gasteiger charge is -2.20. The first kappa shape index (κ1) is 13.7. The molecule has 0 aliphatic carbocycles. The van der Waals surface area contributed by atoms with Crippen LogP contribution in [-0.2, 0) is 12.0 Å². The molecule has 1 aromatic heterocycles. The number of aromatic nitrogens is 2. The van der Waals surface area contributed by atoms with Gasteiger partial charge < -0.3 is 9.84 Å². The molecule has 2 rings (SSSR count). The molecule has 1 N–H and O–H groups in total. The average molecular weight is 259 g/mol. The molecule has 4 nitrogen and oxygen atoms in total. The van der Waals surface area contributed by atoms with Crippen LogP contribution in [0, 0.1) is 0 Å². The van der Waals surface area contributed by atoms with Gasteiger partial charge in [-0.05, 0) is 19.4 Å². The van der Waals surface area contributed by atoms with Crippen LogP contribution in [0.5, 0.6) is 0 Å². The van der Waals surface area contributed by atoms with Gasteiger partial charge in [0.25, 0.3) is 0 Å². The van der Waals surface area contributed by atoms with E-state index in [2.05, 4.69) is 55.3 Å². The summed E-state index contributed by atoms with van der Waals surface area (Å²) in [6.07, 6.45) is 0. The lowest BCUT2D eigenvalue weighted by atomic mass is 9.84. The number of hydrogen-bond donors (Lipinski definition) is 1. The minimum Gasteiger partial charge on any atom is -0.338 e. The van der Waals surface area contributed by atoms with Crippen molar-refractivity contribution in [2.24, 2.45) is 0 Å². The fraction of sp³-hybridized carbons (Fsp3) is 0.467. The van der Waals surface area contributed by atoms with Gasteiger partial charge in [-0.3, -0.25) is 0 Å². The molecule has 0 fully saturated rings. The van der Waals surface area contributed by atoms with E-state index in [1.165, 1.54) is 5.56 Å². The second kappa shape index (κ2) is 5.53. The van der Waals surface area contributed by atoms with Crippen LogP contribution in [0.15, 0.2) is 34.9 Å². The molecule has 102 valence electrons. The van der Waals surface area contributed by atoms with Crippen LogP contribution in [0.25, 0.3) is 0 Å². The van der Waals surface area contributed by atoms with Gasteiger partial charge in [0.15, 0.2) is 5.82 Å². The van der Waals surface area contributed by atoms with E-state index < -0.39 is 0 Å². The summed E-state index contributed by atoms with van der Waals surface area (Å²) in [4.78, 5) is 4.49. The summed E-state index contributed by atoms with van der Waals surface area (Å²) in [5.74, 6) is 1.35. The fourth-order valence-electron chi connectivity index (χ4n) is 1.86. The third kappa shape index (κ3) is 3.20. The lowest BCUT2D eigenvalue weighted by Crippen LogP contribution is -2.23. The summed E-state index contributed by atoms with van der Waals surface area (Å²) in [5, 5.41) is 7.39. The van der Waals surface area contributed by atoms with Crippen LogP contribution < -0.4 is 5.32 Å². The van der Waals surface area contributed by atoms with Crippen molar-refractivity contribution >= 4 is 0 Å². The molecule has 2 aromatic rings. The van der Waals surface area contributed by atoms with Crippen molar-refractivity contribution in [1.29, 1.82) is 0 Å². The first-order valence-electron chi connectivity index (χ1n) is 6.62. The van der Waals surface area contributed by atoms with Crippen molar-refractivity contribution < 1.29 is 4.52 Å². The highest BCUT2D eigenvalue weighted by molar-refractivity contribution is 5.30. The molecular weight excluding hydrogens is 238 g/mol. The molecule has 0 amide bonds. The molecule has 0 saturated carbocycles. The van der Waals surface area contributed by atoms with E-state index in [9.17, 15) is 0 Å². The summed E-state index contributed by atoms with van der Waals surface area (Å²) >= 11 is 0. The van der Waals surface area contributed by atoms with Crippen LogP contribution in [-0.4, -0.2) is 16.2 Å². The molecule has 0 atom stereocenters. The van der Waals surface area contributed by atoms with Crippen LogP contribution in [0.4, 0.5) is 0 Å². The highest BCUT2D eigenvalue weighted by atomic mass is 16.5. The maximum Gasteiger partial charge on any atom is 0.240 e. The van der Waals surface area contributed by atoms with E-state index in [0.29, 0.717) is 18.5 Å². The van der Waals surface area contributed by atoms with Gasteiger partial charge in [-0.25, -0.2) is 0 Å². The quantitative estimate of drug-likeness (QED) is 0.897. The third-order valence-corrected chi connectivity index (χ3v) is 3.18. The van der Waals surface area contributed by atoms with Crippen LogP contribution in [0.3, 0.4) is 0 Å². The van der Waals surface area contributed by atoms with E-state index in [-0.39, 0.29) is 5.41 Å². The zero-order valence-electron chi connectivity index (χ0n) is 12.0. The molecule has 1 aromatic carbocycles. The predicted octanol–water partition coefficient (Wildman–Crippen LogP) is 2.89. The van der Waals surface area contributed by atoms with E-state index in [4.69, 9.17) is 4.52 Å². The van der Waals surface area contributed by atoms with Gasteiger partial charge in [0.1, 0.15) is 0 Å². The Morgan fingerprint density at radius 2 is 1.89 bits per heavy atom. The van der Waals surface area contributed by atoms with Crippen molar-refractivity contribution in [1.82, 2.24) is 15.5 Å². The fourth-order valence-corrected chi connectivity index (χ4v) is 1.86. The van der Waals surface area contributed by atoms with Gasteiger partial charge in [0, 0.05) is 6.04 Å². The monoisotopic (exact) mass is 259 g/mol. The predicted molar refractivity (Wildman–Crippen MR) is 74.8 cm³/mol. The summed E-state index contributed by atoms with van der Waals surface area (Å²) in [5.41, 5.74) is 0.931. The molecule has 0 spiro atoms. The Morgan fingerprint density at radius 3 is 2.53 bits per heavy atom. The standard InChI is InChI=1S/C15H21N3O/c1-11(2)16-10-13-17-14(18-19-13)15(3,4)12-8-6-5-7-9-12/h5-9,11,16H,10H2,1-4H3. The highest BCUT2D eigenvalue weighted by Gasteiger charge is 2.28. The molecule has 0 aliphatic heterocycles. The van der Waals surface area contributed by atoms with Gasteiger partial charge >= 0.3 is 0 Å². The van der Waals surface area contributed by atoms with Gasteiger partial charge in [-0.2, -0.15) is 4.98 Å². The van der Waals surface area contributed by atoms with E-state index in [1.54, 1.807) is 0 Å². The first-order valence-corrected chi connectivity index (χ1v) is 6.62. The van der Waals surface area contributed by atoms with Crippen molar-refractivity contribution in [2.45, 2.75) is 45.7 Å². The maximum atomic E-state index is 5.30. The molecule has 0 unspecified atom stereocenters. The minimum atomic E-state index is -0.249. The molecular formula is C15H21N3O. The Balaban J connectivity index is 2.17. The van der Waals surface area contributed by atoms with Crippen molar-refractivity contribution in [2.75, 3.05) is 0 Å². The minimum absolute atomic E-state index is 0.249. The molecule has 0 bridgehead atoms. The molecule has 1 heterocycles. The lowest BCUT2D eigenvalue weighted by molar-refractivity contribution is 0.352. The SMILES string of the molecule is CC(C)NCc1nc(C(C)(C)c2ccccc2)no1. The number of benzene rings is 1. The normalized spacial score (nSPS) is 12.1. The van der Waals surface area contributed by atoms with E-state index in [0.717, 1.165) is 5.82 Å². The summed E-state index contributed by atoms with van der Waals surface area (Å²) in [6.45, 7) is 8.99. The second-order valence-electron chi connectivity index (χ2n) is 5.54. The van der Waals surface area contributed by atoms with Gasteiger partial charge in [-0.15, -0.1) is 0 Å². The Bertz CT molecular complexity index is 517. The first-order chi connectivity index (χ1) is 9.00. The van der Waals surface area contributed by atoms with Crippen molar-refractivity contribution in [3.63, 3.8) is 0 Å². The van der Waals surface area contributed by atoms with E-state index in [1.807, 2.05) is 18.2 Å². The largest absolute Gasteiger partial charge is 0.338 e. The zero-order valence-corrected chi connectivity index (χ0v) is 12.0. The Kier molecular flexibility index (Phi) is 4.00. The smallest absolute Gasteiger partial charge is 0.240 e.